The Morgan fingerprint density at radius 2 is 1.69 bits per heavy atom. The highest BCUT2D eigenvalue weighted by Crippen LogP contribution is 2.29. The van der Waals surface area contributed by atoms with Gasteiger partial charge in [-0.15, -0.1) is 0 Å². The average Bonchev–Trinajstić information content (AvgIpc) is 2.51. The fraction of sp³-hybridized carbons (Fsp3) is 0.529. The Kier molecular flexibility index (Phi) is 11.0. The summed E-state index contributed by atoms with van der Waals surface area (Å²) in [7, 11) is -3.71. The van der Waals surface area contributed by atoms with Crippen molar-refractivity contribution in [1.29, 1.82) is 0 Å². The lowest BCUT2D eigenvalue weighted by molar-refractivity contribution is -0.142. The molecule has 0 aliphatic heterocycles. The van der Waals surface area contributed by atoms with Gasteiger partial charge in [0, 0.05) is 6.66 Å². The van der Waals surface area contributed by atoms with Gasteiger partial charge in [0.25, 0.3) is 7.52 Å². The molecular formula is C17H29N2O6P. The first-order chi connectivity index (χ1) is 12.0. The Balaban J connectivity index is 0.000000735. The SMILES string of the molecule is CC(C)C[C@H](NC(=O)[C@H](CO)NP(C)(=O)O)C(=O)O.Cc1ccccc1. The van der Waals surface area contributed by atoms with Crippen LogP contribution in [0.1, 0.15) is 25.8 Å². The molecule has 1 amide bonds. The molecule has 8 nitrogen and oxygen atoms in total. The van der Waals surface area contributed by atoms with Crippen LogP contribution in [0.4, 0.5) is 0 Å². The minimum absolute atomic E-state index is 0.0528. The maximum absolute atomic E-state index is 11.7. The molecule has 148 valence electrons. The van der Waals surface area contributed by atoms with Crippen LogP contribution in [-0.4, -0.2) is 52.3 Å². The van der Waals surface area contributed by atoms with Gasteiger partial charge in [-0.3, -0.25) is 9.36 Å². The zero-order valence-corrected chi connectivity index (χ0v) is 16.4. The predicted octanol–water partition coefficient (Wildman–Crippen LogP) is 1.36. The number of amides is 1. The molecule has 3 atom stereocenters. The number of carboxylic acid groups (broad SMARTS) is 1. The van der Waals surface area contributed by atoms with Gasteiger partial charge in [-0.2, -0.15) is 0 Å². The summed E-state index contributed by atoms with van der Waals surface area (Å²) < 4.78 is 11.1. The van der Waals surface area contributed by atoms with E-state index in [0.29, 0.717) is 0 Å². The fourth-order valence-electron chi connectivity index (χ4n) is 1.97. The molecule has 1 unspecified atom stereocenters. The molecule has 0 spiro atoms. The molecular weight excluding hydrogens is 359 g/mol. The van der Waals surface area contributed by atoms with E-state index in [-0.39, 0.29) is 12.3 Å². The zero-order chi connectivity index (χ0) is 20.3. The van der Waals surface area contributed by atoms with Crippen LogP contribution < -0.4 is 10.4 Å². The summed E-state index contributed by atoms with van der Waals surface area (Å²) in [5, 5.41) is 22.2. The molecule has 0 aliphatic rings. The smallest absolute Gasteiger partial charge is 0.326 e. The van der Waals surface area contributed by atoms with Crippen LogP contribution in [0.2, 0.25) is 0 Å². The Morgan fingerprint density at radius 1 is 1.15 bits per heavy atom. The molecule has 9 heteroatoms. The van der Waals surface area contributed by atoms with Gasteiger partial charge in [0.1, 0.15) is 12.1 Å². The lowest BCUT2D eigenvalue weighted by Crippen LogP contribution is -2.51. The molecule has 0 saturated carbocycles. The van der Waals surface area contributed by atoms with Crippen molar-refractivity contribution in [3.8, 4) is 0 Å². The minimum atomic E-state index is -3.71. The molecule has 0 fully saturated rings. The standard InChI is InChI=1S/C10H21N2O6P.C7H8/c1-6(2)4-7(10(15)16)11-9(14)8(5-13)12-19(3,17)18;1-7-5-3-2-4-6-7/h6-8,13H,4-5H2,1-3H3,(H,11,14)(H,15,16)(H2,12,17,18);2-6H,1H3/t7-,8-;/m0./s1. The zero-order valence-electron chi connectivity index (χ0n) is 15.5. The van der Waals surface area contributed by atoms with Crippen LogP contribution in [0.3, 0.4) is 0 Å². The molecule has 26 heavy (non-hydrogen) atoms. The third-order valence-corrected chi connectivity index (χ3v) is 3.95. The van der Waals surface area contributed by atoms with Crippen LogP contribution in [0.25, 0.3) is 0 Å². The number of rotatable bonds is 8. The highest BCUT2D eigenvalue weighted by Gasteiger charge is 2.28. The van der Waals surface area contributed by atoms with Crippen molar-refractivity contribution in [2.24, 2.45) is 5.92 Å². The van der Waals surface area contributed by atoms with E-state index in [1.807, 2.05) is 18.2 Å². The van der Waals surface area contributed by atoms with Crippen LogP contribution >= 0.6 is 7.52 Å². The summed E-state index contributed by atoms with van der Waals surface area (Å²) >= 11 is 0. The second-order valence-electron chi connectivity index (χ2n) is 6.43. The number of aliphatic carboxylic acids is 1. The summed E-state index contributed by atoms with van der Waals surface area (Å²) in [6.07, 6.45) is 0.224. The first kappa shape index (κ1) is 24.3. The molecule has 5 N–H and O–H groups in total. The van der Waals surface area contributed by atoms with Crippen LogP contribution in [0.15, 0.2) is 30.3 Å². The highest BCUT2D eigenvalue weighted by molar-refractivity contribution is 7.55. The average molecular weight is 388 g/mol. The topological polar surface area (TPSA) is 136 Å². The largest absolute Gasteiger partial charge is 0.480 e. The van der Waals surface area contributed by atoms with E-state index in [0.717, 1.165) is 6.66 Å². The Labute approximate surface area is 154 Å². The van der Waals surface area contributed by atoms with Gasteiger partial charge in [0.05, 0.1) is 6.61 Å². The number of hydrogen-bond donors (Lipinski definition) is 5. The van der Waals surface area contributed by atoms with Crippen molar-refractivity contribution in [2.45, 2.75) is 39.3 Å². The van der Waals surface area contributed by atoms with Crippen molar-refractivity contribution >= 4 is 19.4 Å². The number of aryl methyl sites for hydroxylation is 1. The molecule has 0 bridgehead atoms. The van der Waals surface area contributed by atoms with Crippen molar-refractivity contribution in [3.05, 3.63) is 35.9 Å². The molecule has 0 aliphatic carbocycles. The number of carbonyl (C=O) groups excluding carboxylic acids is 1. The van der Waals surface area contributed by atoms with Crippen molar-refractivity contribution in [2.75, 3.05) is 13.3 Å². The number of hydrogen-bond acceptors (Lipinski definition) is 4. The number of nitrogens with one attached hydrogen (secondary N) is 2. The molecule has 1 rings (SSSR count). The lowest BCUT2D eigenvalue weighted by Gasteiger charge is -2.21. The number of benzene rings is 1. The van der Waals surface area contributed by atoms with E-state index >= 15 is 0 Å². The fourth-order valence-corrected chi connectivity index (χ4v) is 2.75. The van der Waals surface area contributed by atoms with Gasteiger partial charge >= 0.3 is 5.97 Å². The van der Waals surface area contributed by atoms with Crippen molar-refractivity contribution < 1.29 is 29.3 Å². The summed E-state index contributed by atoms with van der Waals surface area (Å²) in [5.74, 6) is -1.97. The van der Waals surface area contributed by atoms with Crippen LogP contribution in [0.5, 0.6) is 0 Å². The number of carbonyl (C=O) groups is 2. The lowest BCUT2D eigenvalue weighted by atomic mass is 10.0. The van der Waals surface area contributed by atoms with Crippen LogP contribution in [0, 0.1) is 12.8 Å². The predicted molar refractivity (Wildman–Crippen MR) is 100.0 cm³/mol. The third-order valence-electron chi connectivity index (χ3n) is 3.16. The van der Waals surface area contributed by atoms with Gasteiger partial charge in [0.15, 0.2) is 0 Å². The molecule has 1 aromatic carbocycles. The maximum Gasteiger partial charge on any atom is 0.326 e. The maximum atomic E-state index is 11.7. The summed E-state index contributed by atoms with van der Waals surface area (Å²) in [6.45, 7) is 5.96. The Morgan fingerprint density at radius 3 is 2.00 bits per heavy atom. The van der Waals surface area contributed by atoms with E-state index in [2.05, 4.69) is 29.5 Å². The second kappa shape index (κ2) is 11.8. The van der Waals surface area contributed by atoms with E-state index in [4.69, 9.17) is 15.1 Å². The first-order valence-corrected chi connectivity index (χ1v) is 10.3. The minimum Gasteiger partial charge on any atom is -0.480 e. The monoisotopic (exact) mass is 388 g/mol. The van der Waals surface area contributed by atoms with E-state index < -0.39 is 38.1 Å². The number of aliphatic hydroxyl groups is 1. The molecule has 0 saturated heterocycles. The van der Waals surface area contributed by atoms with Gasteiger partial charge in [0.2, 0.25) is 5.91 Å². The van der Waals surface area contributed by atoms with Crippen molar-refractivity contribution in [3.63, 3.8) is 0 Å². The van der Waals surface area contributed by atoms with Gasteiger partial charge in [-0.25, -0.2) is 9.88 Å². The quantitative estimate of drug-likeness (QED) is 0.424. The molecule has 0 radical (unpaired) electrons. The Hall–Kier alpha value is -1.73. The van der Waals surface area contributed by atoms with Crippen molar-refractivity contribution in [1.82, 2.24) is 10.4 Å². The van der Waals surface area contributed by atoms with E-state index in [1.54, 1.807) is 13.8 Å². The summed E-state index contributed by atoms with van der Waals surface area (Å²) in [6, 6.07) is 7.84. The Bertz CT molecular complexity index is 603. The third kappa shape index (κ3) is 11.8. The molecule has 1 aromatic rings. The molecule has 0 aromatic heterocycles. The highest BCUT2D eigenvalue weighted by atomic mass is 31.2. The summed E-state index contributed by atoms with van der Waals surface area (Å²) in [4.78, 5) is 31.8. The van der Waals surface area contributed by atoms with Gasteiger partial charge in [-0.1, -0.05) is 49.7 Å². The van der Waals surface area contributed by atoms with Gasteiger partial charge < -0.3 is 20.4 Å². The number of carboxylic acids is 1. The second-order valence-corrected chi connectivity index (χ2v) is 8.44. The van der Waals surface area contributed by atoms with E-state index in [9.17, 15) is 14.2 Å². The van der Waals surface area contributed by atoms with Gasteiger partial charge in [-0.05, 0) is 19.3 Å². The number of aliphatic hydroxyl groups excluding tert-OH is 1. The van der Waals surface area contributed by atoms with E-state index in [1.165, 1.54) is 5.56 Å². The first-order valence-electron chi connectivity index (χ1n) is 8.20. The molecule has 0 heterocycles. The normalized spacial score (nSPS) is 15.2. The van der Waals surface area contributed by atoms with Crippen LogP contribution in [-0.2, 0) is 14.2 Å². The summed E-state index contributed by atoms with van der Waals surface area (Å²) in [5.41, 5.74) is 1.32.